The summed E-state index contributed by atoms with van der Waals surface area (Å²) in [6.45, 7) is 14.2. The molecule has 7 nitrogen and oxygen atoms in total. The minimum atomic E-state index is -0.520. The van der Waals surface area contributed by atoms with Crippen LogP contribution in [0.15, 0.2) is 29.1 Å². The van der Waals surface area contributed by atoms with Crippen LogP contribution in [-0.2, 0) is 14.4 Å². The maximum absolute atomic E-state index is 11.8. The van der Waals surface area contributed by atoms with Crippen molar-refractivity contribution in [2.45, 2.75) is 53.1 Å². The Bertz CT molecular complexity index is 573. The van der Waals surface area contributed by atoms with Gasteiger partial charge in [0.1, 0.15) is 17.1 Å². The predicted molar refractivity (Wildman–Crippen MR) is 97.1 cm³/mol. The number of alkyl carbamates (subject to hydrolysis) is 1. The second-order valence-electron chi connectivity index (χ2n) is 6.98. The van der Waals surface area contributed by atoms with Gasteiger partial charge in [0.2, 0.25) is 0 Å². The lowest BCUT2D eigenvalue weighted by Gasteiger charge is -2.21. The topological polar surface area (TPSA) is 89.0 Å². The zero-order valence-electron chi connectivity index (χ0n) is 15.8. The van der Waals surface area contributed by atoms with E-state index < -0.39 is 11.7 Å². The SMILES string of the molecule is C=C(/C=C1/ON=C(C(=O)NCC)C[C@@H]1C)CCNC(=O)OC(C)(C)C. The Morgan fingerprint density at radius 1 is 1.40 bits per heavy atom. The Kier molecular flexibility index (Phi) is 7.67. The minimum absolute atomic E-state index is 0.0330. The maximum Gasteiger partial charge on any atom is 0.407 e. The predicted octanol–water partition coefficient (Wildman–Crippen LogP) is 2.89. The monoisotopic (exact) mass is 351 g/mol. The maximum atomic E-state index is 11.8. The Morgan fingerprint density at radius 3 is 2.64 bits per heavy atom. The fraction of sp³-hybridized carbons (Fsp3) is 0.611. The van der Waals surface area contributed by atoms with Gasteiger partial charge < -0.3 is 20.2 Å². The van der Waals surface area contributed by atoms with Gasteiger partial charge in [0.25, 0.3) is 5.91 Å². The first-order valence-electron chi connectivity index (χ1n) is 8.50. The number of carbonyl (C=O) groups is 2. The van der Waals surface area contributed by atoms with Crippen LogP contribution >= 0.6 is 0 Å². The summed E-state index contributed by atoms with van der Waals surface area (Å²) in [7, 11) is 0. The summed E-state index contributed by atoms with van der Waals surface area (Å²) in [6, 6.07) is 0. The third-order valence-electron chi connectivity index (χ3n) is 3.31. The Morgan fingerprint density at radius 2 is 2.08 bits per heavy atom. The molecule has 1 rings (SSSR count). The summed E-state index contributed by atoms with van der Waals surface area (Å²) >= 11 is 0. The molecule has 0 aromatic carbocycles. The van der Waals surface area contributed by atoms with Crippen molar-refractivity contribution >= 4 is 17.7 Å². The number of hydrogen-bond donors (Lipinski definition) is 2. The van der Waals surface area contributed by atoms with Crippen LogP contribution in [0.1, 0.15) is 47.5 Å². The summed E-state index contributed by atoms with van der Waals surface area (Å²) in [6.07, 6.45) is 2.43. The van der Waals surface area contributed by atoms with Crippen LogP contribution in [0.5, 0.6) is 0 Å². The lowest BCUT2D eigenvalue weighted by Crippen LogP contribution is -2.34. The molecule has 0 saturated heterocycles. The number of oxime groups is 1. The third kappa shape index (κ3) is 7.87. The number of nitrogens with one attached hydrogen (secondary N) is 2. The Hall–Kier alpha value is -2.31. The van der Waals surface area contributed by atoms with Gasteiger partial charge in [-0.15, -0.1) is 0 Å². The third-order valence-corrected chi connectivity index (χ3v) is 3.31. The van der Waals surface area contributed by atoms with Gasteiger partial charge in [-0.25, -0.2) is 4.79 Å². The smallest absolute Gasteiger partial charge is 0.407 e. The van der Waals surface area contributed by atoms with Crippen molar-refractivity contribution in [3.8, 4) is 0 Å². The van der Waals surface area contributed by atoms with Crippen LogP contribution in [-0.4, -0.2) is 36.4 Å². The second-order valence-corrected chi connectivity index (χ2v) is 6.98. The molecule has 140 valence electrons. The summed E-state index contributed by atoms with van der Waals surface area (Å²) in [5.74, 6) is 0.495. The van der Waals surface area contributed by atoms with Crippen LogP contribution in [0, 0.1) is 5.92 Å². The quantitative estimate of drug-likeness (QED) is 0.770. The van der Waals surface area contributed by atoms with E-state index in [1.165, 1.54) is 0 Å². The first-order chi connectivity index (χ1) is 11.6. The number of ether oxygens (including phenoxy) is 1. The van der Waals surface area contributed by atoms with Gasteiger partial charge in [0.15, 0.2) is 0 Å². The molecule has 0 spiro atoms. The lowest BCUT2D eigenvalue weighted by atomic mass is 9.98. The molecular formula is C18H29N3O4. The van der Waals surface area contributed by atoms with Crippen molar-refractivity contribution in [3.05, 3.63) is 24.0 Å². The number of hydrogen-bond acceptors (Lipinski definition) is 5. The fourth-order valence-corrected chi connectivity index (χ4v) is 2.10. The number of allylic oxidation sites excluding steroid dienone is 2. The molecule has 0 unspecified atom stereocenters. The van der Waals surface area contributed by atoms with Crippen molar-refractivity contribution in [2.24, 2.45) is 11.1 Å². The molecule has 0 saturated carbocycles. The van der Waals surface area contributed by atoms with Gasteiger partial charge in [-0.3, -0.25) is 4.79 Å². The van der Waals surface area contributed by atoms with Crippen molar-refractivity contribution in [1.29, 1.82) is 0 Å². The molecule has 2 amide bonds. The molecule has 25 heavy (non-hydrogen) atoms. The number of nitrogens with zero attached hydrogens (tertiary/aromatic N) is 1. The first kappa shape index (κ1) is 20.7. The van der Waals surface area contributed by atoms with E-state index in [9.17, 15) is 9.59 Å². The summed E-state index contributed by atoms with van der Waals surface area (Å²) in [5, 5.41) is 9.28. The van der Waals surface area contributed by atoms with E-state index in [1.54, 1.807) is 6.08 Å². The van der Waals surface area contributed by atoms with Crippen molar-refractivity contribution in [2.75, 3.05) is 13.1 Å². The van der Waals surface area contributed by atoms with Gasteiger partial charge in [-0.2, -0.15) is 0 Å². The molecule has 1 aliphatic heterocycles. The van der Waals surface area contributed by atoms with Crippen LogP contribution in [0.25, 0.3) is 0 Å². The summed E-state index contributed by atoms with van der Waals surface area (Å²) in [5.41, 5.74) is 0.673. The lowest BCUT2D eigenvalue weighted by molar-refractivity contribution is -0.115. The Labute approximate surface area is 149 Å². The highest BCUT2D eigenvalue weighted by Gasteiger charge is 2.24. The highest BCUT2D eigenvalue weighted by Crippen LogP contribution is 2.24. The van der Waals surface area contributed by atoms with E-state index in [0.717, 1.165) is 5.57 Å². The van der Waals surface area contributed by atoms with Crippen molar-refractivity contribution in [3.63, 3.8) is 0 Å². The van der Waals surface area contributed by atoms with E-state index in [4.69, 9.17) is 9.57 Å². The zero-order chi connectivity index (χ0) is 19.0. The van der Waals surface area contributed by atoms with Gasteiger partial charge in [0, 0.05) is 25.4 Å². The van der Waals surface area contributed by atoms with Crippen LogP contribution in [0.3, 0.4) is 0 Å². The largest absolute Gasteiger partial charge is 0.444 e. The molecule has 0 radical (unpaired) electrons. The molecule has 0 aromatic heterocycles. The average molecular weight is 351 g/mol. The molecule has 2 N–H and O–H groups in total. The van der Waals surface area contributed by atoms with E-state index >= 15 is 0 Å². The van der Waals surface area contributed by atoms with E-state index in [0.29, 0.717) is 37.4 Å². The van der Waals surface area contributed by atoms with Gasteiger partial charge in [0.05, 0.1) is 0 Å². The second kappa shape index (κ2) is 9.25. The molecular weight excluding hydrogens is 322 g/mol. The molecule has 0 aliphatic carbocycles. The molecule has 7 heteroatoms. The molecule has 1 atom stereocenters. The number of carbonyl (C=O) groups excluding carboxylic acids is 2. The molecule has 0 bridgehead atoms. The normalized spacial score (nSPS) is 18.8. The van der Waals surface area contributed by atoms with Gasteiger partial charge >= 0.3 is 6.09 Å². The minimum Gasteiger partial charge on any atom is -0.444 e. The van der Waals surface area contributed by atoms with Crippen molar-refractivity contribution < 1.29 is 19.2 Å². The van der Waals surface area contributed by atoms with Gasteiger partial charge in [-0.05, 0) is 45.8 Å². The van der Waals surface area contributed by atoms with E-state index in [2.05, 4.69) is 22.4 Å². The highest BCUT2D eigenvalue weighted by atomic mass is 16.6. The average Bonchev–Trinajstić information content (AvgIpc) is 2.47. The molecule has 0 aromatic rings. The first-order valence-corrected chi connectivity index (χ1v) is 8.50. The highest BCUT2D eigenvalue weighted by molar-refractivity contribution is 6.38. The summed E-state index contributed by atoms with van der Waals surface area (Å²) in [4.78, 5) is 28.7. The number of amides is 2. The standard InChI is InChI=1S/C18H29N3O4/c1-7-19-16(22)14-11-13(3)15(25-21-14)10-12(2)8-9-20-17(23)24-18(4,5)6/h10,13H,2,7-9,11H2,1,3-6H3,(H,19,22)(H,20,23)/b15-10+/t13-/m0/s1. The molecule has 1 heterocycles. The van der Waals surface area contributed by atoms with Crippen molar-refractivity contribution in [1.82, 2.24) is 10.6 Å². The zero-order valence-corrected chi connectivity index (χ0v) is 15.8. The summed E-state index contributed by atoms with van der Waals surface area (Å²) < 4.78 is 5.17. The van der Waals surface area contributed by atoms with Crippen LogP contribution in [0.2, 0.25) is 0 Å². The molecule has 0 fully saturated rings. The van der Waals surface area contributed by atoms with Crippen LogP contribution in [0.4, 0.5) is 4.79 Å². The van der Waals surface area contributed by atoms with Gasteiger partial charge in [-0.1, -0.05) is 18.7 Å². The van der Waals surface area contributed by atoms with E-state index in [-0.39, 0.29) is 11.8 Å². The fourth-order valence-electron chi connectivity index (χ4n) is 2.10. The molecule has 1 aliphatic rings. The van der Waals surface area contributed by atoms with E-state index in [1.807, 2.05) is 34.6 Å². The number of rotatable bonds is 6. The van der Waals surface area contributed by atoms with Crippen LogP contribution < -0.4 is 10.6 Å². The Balaban J connectivity index is 2.48.